The lowest BCUT2D eigenvalue weighted by Gasteiger charge is -2.33. The Morgan fingerprint density at radius 1 is 0.812 bits per heavy atom. The van der Waals surface area contributed by atoms with E-state index >= 15 is 0 Å². The predicted octanol–water partition coefficient (Wildman–Crippen LogP) is 6.19. The number of carbonyl (C=O) groups is 1. The molecule has 3 aromatic rings. The fourth-order valence-electron chi connectivity index (χ4n) is 4.68. The third kappa shape index (κ3) is 6.08. The van der Waals surface area contributed by atoms with E-state index in [1.165, 1.54) is 36.0 Å². The number of aryl methyl sites for hydroxylation is 1. The van der Waals surface area contributed by atoms with E-state index in [0.29, 0.717) is 19.1 Å². The minimum Gasteiger partial charge on any atom is -0.352 e. The van der Waals surface area contributed by atoms with Crippen LogP contribution in [0.4, 0.5) is 0 Å². The van der Waals surface area contributed by atoms with Gasteiger partial charge in [0.15, 0.2) is 0 Å². The minimum atomic E-state index is -0.335. The molecule has 1 unspecified atom stereocenters. The van der Waals surface area contributed by atoms with Crippen LogP contribution in [0, 0.1) is 6.92 Å². The van der Waals surface area contributed by atoms with E-state index in [-0.39, 0.29) is 11.9 Å². The fourth-order valence-corrected chi connectivity index (χ4v) is 4.68. The second kappa shape index (κ2) is 11.1. The highest BCUT2D eigenvalue weighted by Gasteiger charge is 2.30. The number of benzene rings is 3. The van der Waals surface area contributed by atoms with E-state index in [2.05, 4.69) is 89.9 Å². The molecule has 0 radical (unpaired) electrons. The van der Waals surface area contributed by atoms with Crippen LogP contribution in [0.3, 0.4) is 0 Å². The molecule has 0 heterocycles. The maximum atomic E-state index is 13.8. The number of hydrogen-bond acceptors (Lipinski definition) is 2. The molecule has 0 aromatic heterocycles. The average molecular weight is 427 g/mol. The summed E-state index contributed by atoms with van der Waals surface area (Å²) in [5.41, 5.74) is 4.69. The van der Waals surface area contributed by atoms with Gasteiger partial charge in [0.2, 0.25) is 5.91 Å². The van der Waals surface area contributed by atoms with Gasteiger partial charge in [0, 0.05) is 19.1 Å². The van der Waals surface area contributed by atoms with Crippen LogP contribution in [0.25, 0.3) is 0 Å². The quantitative estimate of drug-likeness (QED) is 0.466. The summed E-state index contributed by atoms with van der Waals surface area (Å²) in [6.45, 7) is 3.52. The SMILES string of the molecule is Cc1ccc(C(C(=O)NC2CCCCC2)N(Cc2ccccc2)Cc2ccccc2)cc1. The third-order valence-electron chi connectivity index (χ3n) is 6.42. The van der Waals surface area contributed by atoms with Gasteiger partial charge in [0.25, 0.3) is 0 Å². The Morgan fingerprint density at radius 2 is 1.34 bits per heavy atom. The standard InChI is InChI=1S/C29H34N2O/c1-23-17-19-26(20-18-23)28(29(32)30-27-15-9-4-10-16-27)31(21-24-11-5-2-6-12-24)22-25-13-7-3-8-14-25/h2-3,5-8,11-14,17-20,27-28H,4,9-10,15-16,21-22H2,1H3,(H,30,32). The largest absolute Gasteiger partial charge is 0.352 e. The van der Waals surface area contributed by atoms with Gasteiger partial charge in [-0.2, -0.15) is 0 Å². The Hall–Kier alpha value is -2.91. The first kappa shape index (κ1) is 22.3. The predicted molar refractivity (Wildman–Crippen MR) is 131 cm³/mol. The summed E-state index contributed by atoms with van der Waals surface area (Å²) in [6, 6.07) is 29.3. The van der Waals surface area contributed by atoms with Crippen molar-refractivity contribution < 1.29 is 4.79 Å². The molecule has 3 nitrogen and oxygen atoms in total. The molecule has 1 fully saturated rings. The smallest absolute Gasteiger partial charge is 0.242 e. The lowest BCUT2D eigenvalue weighted by molar-refractivity contribution is -0.128. The summed E-state index contributed by atoms with van der Waals surface area (Å²) in [4.78, 5) is 16.1. The van der Waals surface area contributed by atoms with Gasteiger partial charge in [0.05, 0.1) is 0 Å². The Morgan fingerprint density at radius 3 is 1.88 bits per heavy atom. The third-order valence-corrected chi connectivity index (χ3v) is 6.42. The molecular formula is C29H34N2O. The van der Waals surface area contributed by atoms with Crippen LogP contribution in [0.2, 0.25) is 0 Å². The van der Waals surface area contributed by atoms with Crippen LogP contribution in [-0.2, 0) is 17.9 Å². The van der Waals surface area contributed by atoms with E-state index in [9.17, 15) is 4.79 Å². The van der Waals surface area contributed by atoms with Crippen molar-refractivity contribution in [2.24, 2.45) is 0 Å². The van der Waals surface area contributed by atoms with Crippen LogP contribution in [0.15, 0.2) is 84.9 Å². The molecule has 1 amide bonds. The molecule has 166 valence electrons. The normalized spacial score (nSPS) is 15.4. The van der Waals surface area contributed by atoms with Crippen molar-refractivity contribution in [1.29, 1.82) is 0 Å². The Bertz CT molecular complexity index is 922. The van der Waals surface area contributed by atoms with Crippen molar-refractivity contribution in [3.63, 3.8) is 0 Å². The highest BCUT2D eigenvalue weighted by Crippen LogP contribution is 2.27. The van der Waals surface area contributed by atoms with Crippen LogP contribution in [0.5, 0.6) is 0 Å². The Balaban J connectivity index is 1.66. The van der Waals surface area contributed by atoms with Crippen molar-refractivity contribution in [1.82, 2.24) is 10.2 Å². The van der Waals surface area contributed by atoms with Crippen LogP contribution >= 0.6 is 0 Å². The molecule has 1 aliphatic carbocycles. The van der Waals surface area contributed by atoms with E-state index in [1.807, 2.05) is 12.1 Å². The highest BCUT2D eigenvalue weighted by atomic mass is 16.2. The lowest BCUT2D eigenvalue weighted by Crippen LogP contribution is -2.44. The van der Waals surface area contributed by atoms with Crippen molar-refractivity contribution in [2.45, 2.75) is 64.2 Å². The summed E-state index contributed by atoms with van der Waals surface area (Å²) < 4.78 is 0. The van der Waals surface area contributed by atoms with Crippen LogP contribution in [0.1, 0.15) is 60.4 Å². The molecule has 3 heteroatoms. The van der Waals surface area contributed by atoms with Crippen molar-refractivity contribution in [2.75, 3.05) is 0 Å². The van der Waals surface area contributed by atoms with Gasteiger partial charge in [-0.1, -0.05) is 110 Å². The first-order valence-corrected chi connectivity index (χ1v) is 11.9. The van der Waals surface area contributed by atoms with Gasteiger partial charge < -0.3 is 5.32 Å². The summed E-state index contributed by atoms with van der Waals surface area (Å²) in [6.07, 6.45) is 5.87. The number of carbonyl (C=O) groups excluding carboxylic acids is 1. The van der Waals surface area contributed by atoms with Gasteiger partial charge in [-0.15, -0.1) is 0 Å². The number of nitrogens with zero attached hydrogens (tertiary/aromatic N) is 1. The van der Waals surface area contributed by atoms with Crippen molar-refractivity contribution in [3.05, 3.63) is 107 Å². The van der Waals surface area contributed by atoms with Gasteiger partial charge in [-0.3, -0.25) is 9.69 Å². The van der Waals surface area contributed by atoms with Gasteiger partial charge in [-0.25, -0.2) is 0 Å². The molecular weight excluding hydrogens is 392 g/mol. The van der Waals surface area contributed by atoms with E-state index < -0.39 is 0 Å². The highest BCUT2D eigenvalue weighted by molar-refractivity contribution is 5.83. The summed E-state index contributed by atoms with van der Waals surface area (Å²) in [5, 5.41) is 3.40. The summed E-state index contributed by atoms with van der Waals surface area (Å²) in [5.74, 6) is 0.118. The zero-order valence-electron chi connectivity index (χ0n) is 19.0. The monoisotopic (exact) mass is 426 g/mol. The molecule has 1 aliphatic rings. The number of nitrogens with one attached hydrogen (secondary N) is 1. The Labute approximate surface area is 192 Å². The molecule has 4 rings (SSSR count). The Kier molecular flexibility index (Phi) is 7.73. The number of hydrogen-bond donors (Lipinski definition) is 1. The van der Waals surface area contributed by atoms with Gasteiger partial charge in [0.1, 0.15) is 6.04 Å². The van der Waals surface area contributed by atoms with Crippen molar-refractivity contribution >= 4 is 5.91 Å². The molecule has 0 bridgehead atoms. The van der Waals surface area contributed by atoms with E-state index in [0.717, 1.165) is 18.4 Å². The molecule has 0 saturated heterocycles. The summed E-state index contributed by atoms with van der Waals surface area (Å²) in [7, 11) is 0. The van der Waals surface area contributed by atoms with E-state index in [1.54, 1.807) is 0 Å². The zero-order chi connectivity index (χ0) is 22.2. The van der Waals surface area contributed by atoms with E-state index in [4.69, 9.17) is 0 Å². The molecule has 0 aliphatic heterocycles. The lowest BCUT2D eigenvalue weighted by atomic mass is 9.94. The molecule has 1 atom stereocenters. The molecule has 0 spiro atoms. The molecule has 1 N–H and O–H groups in total. The van der Waals surface area contributed by atoms with Gasteiger partial charge in [-0.05, 0) is 36.5 Å². The van der Waals surface area contributed by atoms with Crippen LogP contribution < -0.4 is 5.32 Å². The molecule has 3 aromatic carbocycles. The zero-order valence-corrected chi connectivity index (χ0v) is 19.0. The maximum absolute atomic E-state index is 13.8. The fraction of sp³-hybridized carbons (Fsp3) is 0.345. The number of rotatable bonds is 8. The molecule has 1 saturated carbocycles. The minimum absolute atomic E-state index is 0.118. The topological polar surface area (TPSA) is 32.3 Å². The van der Waals surface area contributed by atoms with Crippen LogP contribution in [-0.4, -0.2) is 16.8 Å². The van der Waals surface area contributed by atoms with Gasteiger partial charge >= 0.3 is 0 Å². The second-order valence-corrected chi connectivity index (χ2v) is 9.03. The number of amides is 1. The first-order valence-electron chi connectivity index (χ1n) is 11.9. The average Bonchev–Trinajstić information content (AvgIpc) is 2.82. The summed E-state index contributed by atoms with van der Waals surface area (Å²) >= 11 is 0. The molecule has 32 heavy (non-hydrogen) atoms. The second-order valence-electron chi connectivity index (χ2n) is 9.03. The van der Waals surface area contributed by atoms with Crippen molar-refractivity contribution in [3.8, 4) is 0 Å². The maximum Gasteiger partial charge on any atom is 0.242 e. The first-order chi connectivity index (χ1) is 15.7.